The molecule has 3 aromatic rings. The van der Waals surface area contributed by atoms with E-state index < -0.39 is 0 Å². The number of nitrogens with zero attached hydrogens (tertiary/aromatic N) is 4. The molecular formula is C24H25N7OS. The number of fused-ring (bicyclic) bond motifs is 2. The molecule has 2 aliphatic rings. The fraction of sp³-hybridized carbons (Fsp3) is 0.250. The monoisotopic (exact) mass is 459 g/mol. The molecule has 2 aromatic heterocycles. The number of hydrogen-bond donors (Lipinski definition) is 3. The summed E-state index contributed by atoms with van der Waals surface area (Å²) in [7, 11) is 0. The largest absolute Gasteiger partial charge is 0.331 e. The quantitative estimate of drug-likeness (QED) is 0.473. The second kappa shape index (κ2) is 9.11. The maximum absolute atomic E-state index is 12.8. The van der Waals surface area contributed by atoms with Crippen molar-refractivity contribution in [3.8, 4) is 0 Å². The van der Waals surface area contributed by atoms with Crippen molar-refractivity contribution in [3.63, 3.8) is 0 Å². The van der Waals surface area contributed by atoms with Crippen LogP contribution in [-0.2, 0) is 0 Å². The molecule has 3 N–H and O–H groups in total. The molecule has 33 heavy (non-hydrogen) atoms. The average Bonchev–Trinajstić information content (AvgIpc) is 3.12. The van der Waals surface area contributed by atoms with E-state index in [-0.39, 0.29) is 12.1 Å². The van der Waals surface area contributed by atoms with Gasteiger partial charge in [0.2, 0.25) is 0 Å². The summed E-state index contributed by atoms with van der Waals surface area (Å²) in [5.74, 6) is 0.470. The van der Waals surface area contributed by atoms with Crippen LogP contribution >= 0.6 is 11.9 Å². The van der Waals surface area contributed by atoms with Gasteiger partial charge in [-0.3, -0.25) is 15.4 Å². The number of rotatable bonds is 4. The number of nitrogens with one attached hydrogen (secondary N) is 3. The zero-order valence-corrected chi connectivity index (χ0v) is 19.3. The lowest BCUT2D eigenvalue weighted by Crippen LogP contribution is -2.37. The van der Waals surface area contributed by atoms with Crippen LogP contribution in [0.5, 0.6) is 0 Å². The summed E-state index contributed by atoms with van der Waals surface area (Å²) < 4.78 is 2.25. The van der Waals surface area contributed by atoms with Gasteiger partial charge in [0.05, 0.1) is 22.9 Å². The molecule has 0 fully saturated rings. The van der Waals surface area contributed by atoms with Crippen LogP contribution in [0.3, 0.4) is 0 Å². The minimum Gasteiger partial charge on any atom is -0.331 e. The highest BCUT2D eigenvalue weighted by Crippen LogP contribution is 2.36. The fourth-order valence-electron chi connectivity index (χ4n) is 4.21. The van der Waals surface area contributed by atoms with E-state index in [2.05, 4.69) is 59.6 Å². The first kappa shape index (κ1) is 21.3. The lowest BCUT2D eigenvalue weighted by molar-refractivity contribution is 0.247. The molecule has 0 saturated carbocycles. The first-order valence-corrected chi connectivity index (χ1v) is 12.0. The highest BCUT2D eigenvalue weighted by Gasteiger charge is 2.26. The highest BCUT2D eigenvalue weighted by molar-refractivity contribution is 7.99. The smallest absolute Gasteiger partial charge is 0.320 e. The number of aromatic nitrogens is 3. The Bertz CT molecular complexity index is 1290. The molecule has 2 amide bonds. The number of aromatic amines is 1. The molecule has 5 rings (SSSR count). The van der Waals surface area contributed by atoms with Gasteiger partial charge in [0, 0.05) is 42.4 Å². The first-order chi connectivity index (χ1) is 16.1. The van der Waals surface area contributed by atoms with Gasteiger partial charge in [-0.1, -0.05) is 36.2 Å². The number of para-hydroxylation sites is 1. The van der Waals surface area contributed by atoms with E-state index in [1.807, 2.05) is 31.2 Å². The van der Waals surface area contributed by atoms with E-state index in [0.29, 0.717) is 5.82 Å². The summed E-state index contributed by atoms with van der Waals surface area (Å²) >= 11 is 1.70. The number of benzene rings is 1. The normalized spacial score (nSPS) is 17.8. The summed E-state index contributed by atoms with van der Waals surface area (Å²) in [4.78, 5) is 21.5. The van der Waals surface area contributed by atoms with Crippen LogP contribution in [0.1, 0.15) is 37.1 Å². The van der Waals surface area contributed by atoms with Crippen LogP contribution in [0.2, 0.25) is 0 Å². The molecule has 2 aliphatic heterocycles. The van der Waals surface area contributed by atoms with E-state index >= 15 is 0 Å². The third kappa shape index (κ3) is 4.36. The number of allylic oxidation sites excluding steroid dienone is 4. The lowest BCUT2D eigenvalue weighted by atomic mass is 9.98. The molecule has 1 aromatic carbocycles. The molecule has 4 heterocycles. The summed E-state index contributed by atoms with van der Waals surface area (Å²) in [6.45, 7) is 2.85. The van der Waals surface area contributed by atoms with Crippen LogP contribution in [0.25, 0.3) is 16.5 Å². The maximum Gasteiger partial charge on any atom is 0.320 e. The van der Waals surface area contributed by atoms with Gasteiger partial charge in [-0.2, -0.15) is 5.10 Å². The second-order valence-corrected chi connectivity index (χ2v) is 8.80. The molecule has 0 bridgehead atoms. The first-order valence-electron chi connectivity index (χ1n) is 10.8. The van der Waals surface area contributed by atoms with Gasteiger partial charge < -0.3 is 9.62 Å². The molecule has 8 nitrogen and oxygen atoms in total. The highest BCUT2D eigenvalue weighted by atomic mass is 32.2. The Labute approximate surface area is 196 Å². The Morgan fingerprint density at radius 2 is 2.18 bits per heavy atom. The number of carbonyl (C=O) groups excluding carboxylic acids is 1. The van der Waals surface area contributed by atoms with Crippen molar-refractivity contribution in [2.24, 2.45) is 4.99 Å². The Balaban J connectivity index is 1.31. The van der Waals surface area contributed by atoms with Crippen molar-refractivity contribution >= 4 is 52.2 Å². The van der Waals surface area contributed by atoms with Crippen molar-refractivity contribution < 1.29 is 4.79 Å². The molecule has 168 valence electrons. The minimum absolute atomic E-state index is 0.0487. The molecule has 0 saturated heterocycles. The number of hydrogen-bond acceptors (Lipinski definition) is 6. The van der Waals surface area contributed by atoms with Crippen molar-refractivity contribution in [2.75, 3.05) is 22.4 Å². The number of aliphatic imine (C=N–C) groups is 1. The molecular weight excluding hydrogens is 434 g/mol. The van der Waals surface area contributed by atoms with Gasteiger partial charge in [0.1, 0.15) is 5.82 Å². The van der Waals surface area contributed by atoms with E-state index in [9.17, 15) is 4.79 Å². The van der Waals surface area contributed by atoms with Crippen LogP contribution in [0, 0.1) is 0 Å². The van der Waals surface area contributed by atoms with Crippen molar-refractivity contribution in [2.45, 2.75) is 25.8 Å². The summed E-state index contributed by atoms with van der Waals surface area (Å²) in [6, 6.07) is 9.68. The standard InChI is InChI=1S/C24H25N7OS/c1-15-7-8-16(9-11-25-15)23-18-14-26-22(13-20(18)29-30-23)28-24(32)27-19-10-12-31(33-2)21-6-4-3-5-17(19)21/h3-7,9,11,13-14,19H,8,10,12H2,1-2H3,(H,29,30)(H2,26,27,28,32). The molecule has 1 atom stereocenters. The molecule has 1 unspecified atom stereocenters. The van der Waals surface area contributed by atoms with E-state index in [0.717, 1.165) is 58.5 Å². The Kier molecular flexibility index (Phi) is 5.87. The Morgan fingerprint density at radius 3 is 3.06 bits per heavy atom. The fourth-order valence-corrected chi connectivity index (χ4v) is 4.86. The second-order valence-electron chi connectivity index (χ2n) is 7.99. The summed E-state index contributed by atoms with van der Waals surface area (Å²) in [5, 5.41) is 14.4. The number of amides is 2. The zero-order chi connectivity index (χ0) is 22.8. The number of carbonyl (C=O) groups is 1. The SMILES string of the molecule is CSN1CCC(NC(=O)Nc2cc3[nH]nc(C4=CC=NC(C)=CC4)c3cn2)c2ccccc21. The third-order valence-electron chi connectivity index (χ3n) is 5.89. The summed E-state index contributed by atoms with van der Waals surface area (Å²) in [6.07, 6.45) is 11.3. The predicted octanol–water partition coefficient (Wildman–Crippen LogP) is 5.07. The van der Waals surface area contributed by atoms with Gasteiger partial charge in [-0.15, -0.1) is 0 Å². The Morgan fingerprint density at radius 1 is 1.30 bits per heavy atom. The number of pyridine rings is 1. The molecule has 0 aliphatic carbocycles. The maximum atomic E-state index is 12.8. The minimum atomic E-state index is -0.276. The van der Waals surface area contributed by atoms with Crippen LogP contribution in [0.15, 0.2) is 59.4 Å². The van der Waals surface area contributed by atoms with Crippen molar-refractivity contribution in [1.82, 2.24) is 20.5 Å². The zero-order valence-electron chi connectivity index (χ0n) is 18.5. The van der Waals surface area contributed by atoms with E-state index in [1.165, 1.54) is 0 Å². The van der Waals surface area contributed by atoms with Gasteiger partial charge in [-0.05, 0) is 43.0 Å². The number of anilines is 2. The van der Waals surface area contributed by atoms with Crippen molar-refractivity contribution in [1.29, 1.82) is 0 Å². The molecule has 0 spiro atoms. The van der Waals surface area contributed by atoms with E-state index in [4.69, 9.17) is 0 Å². The van der Waals surface area contributed by atoms with Crippen molar-refractivity contribution in [3.05, 3.63) is 65.6 Å². The summed E-state index contributed by atoms with van der Waals surface area (Å²) in [5.41, 5.74) is 5.99. The third-order valence-corrected chi connectivity index (χ3v) is 6.71. The topological polar surface area (TPSA) is 98.3 Å². The van der Waals surface area contributed by atoms with Crippen LogP contribution < -0.4 is 14.9 Å². The predicted molar refractivity (Wildman–Crippen MR) is 136 cm³/mol. The lowest BCUT2D eigenvalue weighted by Gasteiger charge is -2.34. The van der Waals surface area contributed by atoms with Gasteiger partial charge in [0.15, 0.2) is 0 Å². The van der Waals surface area contributed by atoms with E-state index in [1.54, 1.807) is 24.4 Å². The number of urea groups is 1. The number of H-pyrrole nitrogens is 1. The molecule has 9 heteroatoms. The van der Waals surface area contributed by atoms with Gasteiger partial charge >= 0.3 is 6.03 Å². The molecule has 0 radical (unpaired) electrons. The van der Waals surface area contributed by atoms with Crippen LogP contribution in [0.4, 0.5) is 16.3 Å². The van der Waals surface area contributed by atoms with Gasteiger partial charge in [-0.25, -0.2) is 9.78 Å². The van der Waals surface area contributed by atoms with Gasteiger partial charge in [0.25, 0.3) is 0 Å². The Hall–Kier alpha value is -3.59. The van der Waals surface area contributed by atoms with Crippen LogP contribution in [-0.4, -0.2) is 40.2 Å². The average molecular weight is 460 g/mol.